The molecule has 0 N–H and O–H groups in total. The van der Waals surface area contributed by atoms with Gasteiger partial charge in [-0.25, -0.2) is 4.79 Å². The van der Waals surface area contributed by atoms with Crippen molar-refractivity contribution in [3.05, 3.63) is 40.4 Å². The number of ether oxygens (including phenoxy) is 1. The third-order valence-corrected chi connectivity index (χ3v) is 4.55. The summed E-state index contributed by atoms with van der Waals surface area (Å²) >= 11 is 3.48. The summed E-state index contributed by atoms with van der Waals surface area (Å²) in [5.74, 6) is -0.137. The van der Waals surface area contributed by atoms with Crippen LogP contribution in [0, 0.1) is 12.8 Å². The van der Waals surface area contributed by atoms with Crippen molar-refractivity contribution in [1.29, 1.82) is 0 Å². The first kappa shape index (κ1) is 14.8. The van der Waals surface area contributed by atoms with Crippen molar-refractivity contribution in [2.75, 3.05) is 18.6 Å². The van der Waals surface area contributed by atoms with Gasteiger partial charge in [0.15, 0.2) is 0 Å². The maximum atomic E-state index is 12.0. The largest absolute Gasteiger partial charge is 0.465 e. The molecule has 0 aromatic heterocycles. The molecule has 0 bridgehead atoms. The summed E-state index contributed by atoms with van der Waals surface area (Å²) in [5.41, 5.74) is 2.05. The van der Waals surface area contributed by atoms with E-state index in [1.165, 1.54) is 7.11 Å². The van der Waals surface area contributed by atoms with Crippen LogP contribution in [-0.4, -0.2) is 25.5 Å². The molecule has 1 fully saturated rings. The fourth-order valence-corrected chi connectivity index (χ4v) is 2.90. The maximum Gasteiger partial charge on any atom is 0.338 e. The third kappa shape index (κ3) is 2.50. The first-order valence-electron chi connectivity index (χ1n) is 6.30. The molecule has 20 heavy (non-hydrogen) atoms. The fraction of sp³-hybridized carbons (Fsp3) is 0.333. The van der Waals surface area contributed by atoms with Crippen molar-refractivity contribution in [2.24, 2.45) is 5.92 Å². The van der Waals surface area contributed by atoms with Crippen LogP contribution in [0.4, 0.5) is 5.69 Å². The van der Waals surface area contributed by atoms with Gasteiger partial charge < -0.3 is 9.64 Å². The molecular weight excluding hydrogens is 322 g/mol. The summed E-state index contributed by atoms with van der Waals surface area (Å²) in [7, 11) is 1.35. The summed E-state index contributed by atoms with van der Waals surface area (Å²) in [6.07, 6.45) is 2.29. The molecule has 1 unspecified atom stereocenters. The number of hydrogen-bond acceptors (Lipinski definition) is 3. The minimum atomic E-state index is -0.383. The van der Waals surface area contributed by atoms with E-state index in [-0.39, 0.29) is 17.8 Å². The first-order valence-corrected chi connectivity index (χ1v) is 7.09. The molecule has 5 heteroatoms. The highest BCUT2D eigenvalue weighted by molar-refractivity contribution is 9.10. The Bertz CT molecular complexity index is 583. The van der Waals surface area contributed by atoms with E-state index in [1.807, 2.05) is 13.0 Å². The van der Waals surface area contributed by atoms with Gasteiger partial charge in [0.1, 0.15) is 0 Å². The van der Waals surface area contributed by atoms with Crippen LogP contribution in [0.5, 0.6) is 0 Å². The molecule has 1 aliphatic heterocycles. The number of methoxy groups -OCH3 is 1. The predicted molar refractivity (Wildman–Crippen MR) is 80.9 cm³/mol. The van der Waals surface area contributed by atoms with Crippen LogP contribution in [0.2, 0.25) is 0 Å². The lowest BCUT2D eigenvalue weighted by molar-refractivity contribution is -0.117. The van der Waals surface area contributed by atoms with Crippen molar-refractivity contribution in [3.8, 4) is 0 Å². The molecule has 0 aliphatic carbocycles. The standard InChI is InChI=1S/C15H16BrNO3/c1-4-10-7-13(18)17(8-10)12-6-5-11(15(19)20-3)9(2)14(12)16/h4-6,10H,1,7-8H2,2-3H3. The van der Waals surface area contributed by atoms with E-state index in [9.17, 15) is 9.59 Å². The number of carbonyl (C=O) groups excluding carboxylic acids is 2. The van der Waals surface area contributed by atoms with E-state index in [1.54, 1.807) is 17.0 Å². The Balaban J connectivity index is 2.40. The normalized spacial score (nSPS) is 18.2. The van der Waals surface area contributed by atoms with Gasteiger partial charge in [0.05, 0.1) is 18.4 Å². The number of benzene rings is 1. The fourth-order valence-electron chi connectivity index (χ4n) is 2.34. The lowest BCUT2D eigenvalue weighted by atomic mass is 10.1. The molecule has 1 amide bonds. The molecule has 0 saturated carbocycles. The van der Waals surface area contributed by atoms with Crippen LogP contribution >= 0.6 is 15.9 Å². The predicted octanol–water partition coefficient (Wildman–Crippen LogP) is 3.08. The molecule has 0 radical (unpaired) electrons. The van der Waals surface area contributed by atoms with E-state index in [2.05, 4.69) is 22.5 Å². The minimum absolute atomic E-state index is 0.0702. The summed E-state index contributed by atoms with van der Waals surface area (Å²) in [5, 5.41) is 0. The Kier molecular flexibility index (Phi) is 4.28. The van der Waals surface area contributed by atoms with Gasteiger partial charge in [-0.15, -0.1) is 6.58 Å². The van der Waals surface area contributed by atoms with E-state index >= 15 is 0 Å². The summed E-state index contributed by atoms with van der Waals surface area (Å²) in [6.45, 7) is 6.19. The monoisotopic (exact) mass is 337 g/mol. The lowest BCUT2D eigenvalue weighted by Crippen LogP contribution is -2.25. The second-order valence-electron chi connectivity index (χ2n) is 4.77. The minimum Gasteiger partial charge on any atom is -0.465 e. The topological polar surface area (TPSA) is 46.6 Å². The summed E-state index contributed by atoms with van der Waals surface area (Å²) in [6, 6.07) is 3.46. The van der Waals surface area contributed by atoms with Crippen molar-refractivity contribution >= 4 is 33.5 Å². The molecule has 1 saturated heterocycles. The molecule has 2 rings (SSSR count). The number of anilines is 1. The number of esters is 1. The summed E-state index contributed by atoms with van der Waals surface area (Å²) in [4.78, 5) is 25.4. The average molecular weight is 338 g/mol. The van der Waals surface area contributed by atoms with Gasteiger partial charge in [-0.2, -0.15) is 0 Å². The zero-order valence-electron chi connectivity index (χ0n) is 11.5. The Hall–Kier alpha value is -1.62. The number of rotatable bonds is 3. The highest BCUT2D eigenvalue weighted by Crippen LogP contribution is 2.35. The molecule has 1 aromatic rings. The quantitative estimate of drug-likeness (QED) is 0.629. The average Bonchev–Trinajstić information content (AvgIpc) is 2.82. The van der Waals surface area contributed by atoms with Crippen LogP contribution < -0.4 is 4.90 Å². The van der Waals surface area contributed by atoms with E-state index in [0.29, 0.717) is 18.5 Å². The smallest absolute Gasteiger partial charge is 0.338 e. The number of amides is 1. The zero-order chi connectivity index (χ0) is 14.9. The Morgan fingerprint density at radius 1 is 1.55 bits per heavy atom. The van der Waals surface area contributed by atoms with Gasteiger partial charge in [0, 0.05) is 23.4 Å². The molecular formula is C15H16BrNO3. The van der Waals surface area contributed by atoms with Gasteiger partial charge in [0.2, 0.25) is 5.91 Å². The number of carbonyl (C=O) groups is 2. The first-order chi connectivity index (χ1) is 9.49. The second-order valence-corrected chi connectivity index (χ2v) is 5.56. The Morgan fingerprint density at radius 3 is 2.80 bits per heavy atom. The molecule has 1 aromatic carbocycles. The van der Waals surface area contributed by atoms with Crippen LogP contribution in [0.15, 0.2) is 29.3 Å². The van der Waals surface area contributed by atoms with Gasteiger partial charge in [0.25, 0.3) is 0 Å². The molecule has 106 valence electrons. The zero-order valence-corrected chi connectivity index (χ0v) is 13.1. The van der Waals surface area contributed by atoms with Gasteiger partial charge >= 0.3 is 5.97 Å². The van der Waals surface area contributed by atoms with Gasteiger partial charge in [-0.05, 0) is 40.5 Å². The van der Waals surface area contributed by atoms with Crippen LogP contribution in [0.1, 0.15) is 22.3 Å². The highest BCUT2D eigenvalue weighted by atomic mass is 79.9. The van der Waals surface area contributed by atoms with Crippen LogP contribution in [0.25, 0.3) is 0 Å². The molecule has 1 aliphatic rings. The number of halogens is 1. The molecule has 4 nitrogen and oxygen atoms in total. The molecule has 1 heterocycles. The Morgan fingerprint density at radius 2 is 2.25 bits per heavy atom. The third-order valence-electron chi connectivity index (χ3n) is 3.55. The van der Waals surface area contributed by atoms with E-state index < -0.39 is 0 Å². The molecule has 1 atom stereocenters. The van der Waals surface area contributed by atoms with Crippen molar-refractivity contribution < 1.29 is 14.3 Å². The lowest BCUT2D eigenvalue weighted by Gasteiger charge is -2.20. The summed E-state index contributed by atoms with van der Waals surface area (Å²) < 4.78 is 5.49. The Labute approximate surface area is 126 Å². The number of hydrogen-bond donors (Lipinski definition) is 0. The molecule has 0 spiro atoms. The van der Waals surface area contributed by atoms with E-state index in [0.717, 1.165) is 15.7 Å². The van der Waals surface area contributed by atoms with Crippen LogP contribution in [-0.2, 0) is 9.53 Å². The van der Waals surface area contributed by atoms with Gasteiger partial charge in [-0.1, -0.05) is 6.08 Å². The SMILES string of the molecule is C=CC1CC(=O)N(c2ccc(C(=O)OC)c(C)c2Br)C1. The maximum absolute atomic E-state index is 12.0. The van der Waals surface area contributed by atoms with Crippen molar-refractivity contribution in [3.63, 3.8) is 0 Å². The van der Waals surface area contributed by atoms with Gasteiger partial charge in [-0.3, -0.25) is 4.79 Å². The number of nitrogens with zero attached hydrogens (tertiary/aromatic N) is 1. The van der Waals surface area contributed by atoms with Crippen LogP contribution in [0.3, 0.4) is 0 Å². The van der Waals surface area contributed by atoms with Crippen molar-refractivity contribution in [2.45, 2.75) is 13.3 Å². The highest BCUT2D eigenvalue weighted by Gasteiger charge is 2.30. The van der Waals surface area contributed by atoms with Crippen molar-refractivity contribution in [1.82, 2.24) is 0 Å². The van der Waals surface area contributed by atoms with E-state index in [4.69, 9.17) is 4.74 Å². The second kappa shape index (κ2) is 5.79.